The van der Waals surface area contributed by atoms with Gasteiger partial charge in [0.05, 0.1) is 10.6 Å². The number of aryl methyl sites for hydroxylation is 1. The number of carbonyl (C=O) groups excluding carboxylic acids is 1. The van der Waals surface area contributed by atoms with E-state index in [0.717, 1.165) is 18.7 Å². The predicted molar refractivity (Wildman–Crippen MR) is 128 cm³/mol. The van der Waals surface area contributed by atoms with Gasteiger partial charge in [0.2, 0.25) is 0 Å². The maximum atomic E-state index is 12.9. The molecule has 4 rings (SSSR count). The summed E-state index contributed by atoms with van der Waals surface area (Å²) in [5, 5.41) is 0. The van der Waals surface area contributed by atoms with Crippen LogP contribution in [-0.4, -0.2) is 52.5 Å². The zero-order valence-corrected chi connectivity index (χ0v) is 19.1. The standard InChI is InChI=1S/C25H27N3O3S/c1-20-8-14-24(15-9-20)32(30,31)26(2)22-12-10-21(11-13-22)25(29)28-18-16-27(17-19-28)23-6-4-3-5-7-23/h3-15H,16-19H2,1-2H3. The normalized spacial score (nSPS) is 14.3. The fraction of sp³-hybridized carbons (Fsp3) is 0.240. The molecule has 0 aromatic heterocycles. The molecule has 1 aliphatic heterocycles. The van der Waals surface area contributed by atoms with E-state index >= 15 is 0 Å². The molecule has 3 aromatic rings. The fourth-order valence-electron chi connectivity index (χ4n) is 3.81. The van der Waals surface area contributed by atoms with E-state index in [4.69, 9.17) is 0 Å². The average molecular weight is 450 g/mol. The van der Waals surface area contributed by atoms with Crippen molar-refractivity contribution in [2.75, 3.05) is 42.4 Å². The van der Waals surface area contributed by atoms with Crippen LogP contribution in [0.5, 0.6) is 0 Å². The summed E-state index contributed by atoms with van der Waals surface area (Å²) in [4.78, 5) is 17.3. The Morgan fingerprint density at radius 2 is 1.41 bits per heavy atom. The summed E-state index contributed by atoms with van der Waals surface area (Å²) in [6, 6.07) is 23.7. The molecule has 1 saturated heterocycles. The molecule has 0 spiro atoms. The summed E-state index contributed by atoms with van der Waals surface area (Å²) in [7, 11) is -2.14. The van der Waals surface area contributed by atoms with Crippen LogP contribution < -0.4 is 9.21 Å². The quantitative estimate of drug-likeness (QED) is 0.595. The minimum atomic E-state index is -3.66. The van der Waals surface area contributed by atoms with E-state index < -0.39 is 10.0 Å². The van der Waals surface area contributed by atoms with Crippen LogP contribution in [0.3, 0.4) is 0 Å². The molecular weight excluding hydrogens is 422 g/mol. The molecule has 0 saturated carbocycles. The summed E-state index contributed by atoms with van der Waals surface area (Å²) in [5.41, 5.74) is 3.24. The van der Waals surface area contributed by atoms with Crippen molar-refractivity contribution in [1.82, 2.24) is 4.90 Å². The van der Waals surface area contributed by atoms with E-state index in [2.05, 4.69) is 17.0 Å². The highest BCUT2D eigenvalue weighted by Crippen LogP contribution is 2.23. The zero-order chi connectivity index (χ0) is 22.7. The first-order valence-electron chi connectivity index (χ1n) is 10.6. The molecule has 0 atom stereocenters. The Labute approximate surface area is 189 Å². The molecule has 6 nitrogen and oxygen atoms in total. The second-order valence-electron chi connectivity index (χ2n) is 7.95. The lowest BCUT2D eigenvalue weighted by atomic mass is 10.1. The maximum absolute atomic E-state index is 12.9. The Balaban J connectivity index is 1.42. The third-order valence-electron chi connectivity index (χ3n) is 5.85. The van der Waals surface area contributed by atoms with Gasteiger partial charge in [-0.25, -0.2) is 8.42 Å². The van der Waals surface area contributed by atoms with Gasteiger partial charge in [0.15, 0.2) is 0 Å². The summed E-state index contributed by atoms with van der Waals surface area (Å²) >= 11 is 0. The zero-order valence-electron chi connectivity index (χ0n) is 18.3. The molecule has 3 aromatic carbocycles. The Kier molecular flexibility index (Phi) is 6.19. The number of para-hydroxylation sites is 1. The topological polar surface area (TPSA) is 60.9 Å². The predicted octanol–water partition coefficient (Wildman–Crippen LogP) is 3.78. The number of sulfonamides is 1. The molecule has 166 valence electrons. The van der Waals surface area contributed by atoms with E-state index in [1.807, 2.05) is 30.0 Å². The minimum absolute atomic E-state index is 0.0340. The summed E-state index contributed by atoms with van der Waals surface area (Å²) in [5.74, 6) is -0.0340. The largest absolute Gasteiger partial charge is 0.368 e. The number of hydrogen-bond acceptors (Lipinski definition) is 4. The maximum Gasteiger partial charge on any atom is 0.264 e. The number of hydrogen-bond donors (Lipinski definition) is 0. The van der Waals surface area contributed by atoms with Gasteiger partial charge in [-0.15, -0.1) is 0 Å². The van der Waals surface area contributed by atoms with Crippen molar-refractivity contribution in [3.05, 3.63) is 90.0 Å². The highest BCUT2D eigenvalue weighted by atomic mass is 32.2. The molecule has 1 fully saturated rings. The van der Waals surface area contributed by atoms with Gasteiger partial charge in [-0.2, -0.15) is 0 Å². The molecule has 7 heteroatoms. The van der Waals surface area contributed by atoms with Crippen LogP contribution in [0, 0.1) is 6.92 Å². The van der Waals surface area contributed by atoms with E-state index in [-0.39, 0.29) is 10.8 Å². The first-order chi connectivity index (χ1) is 15.4. The van der Waals surface area contributed by atoms with Gasteiger partial charge in [-0.3, -0.25) is 9.10 Å². The van der Waals surface area contributed by atoms with Crippen molar-refractivity contribution in [2.24, 2.45) is 0 Å². The van der Waals surface area contributed by atoms with E-state index in [9.17, 15) is 13.2 Å². The van der Waals surface area contributed by atoms with E-state index in [0.29, 0.717) is 24.3 Å². The van der Waals surface area contributed by atoms with Crippen molar-refractivity contribution in [2.45, 2.75) is 11.8 Å². The molecule has 0 bridgehead atoms. The van der Waals surface area contributed by atoms with E-state index in [1.165, 1.54) is 17.0 Å². The summed E-state index contributed by atoms with van der Waals surface area (Å²) in [6.07, 6.45) is 0. The van der Waals surface area contributed by atoms with Gasteiger partial charge in [-0.05, 0) is 55.5 Å². The lowest BCUT2D eigenvalue weighted by Crippen LogP contribution is -2.48. The van der Waals surface area contributed by atoms with Gasteiger partial charge < -0.3 is 9.80 Å². The Morgan fingerprint density at radius 1 is 0.812 bits per heavy atom. The highest BCUT2D eigenvalue weighted by molar-refractivity contribution is 7.92. The van der Waals surface area contributed by atoms with Crippen LogP contribution in [0.2, 0.25) is 0 Å². The number of rotatable bonds is 5. The second-order valence-corrected chi connectivity index (χ2v) is 9.92. The molecule has 0 unspecified atom stereocenters. The Morgan fingerprint density at radius 3 is 2.00 bits per heavy atom. The molecule has 1 heterocycles. The third kappa shape index (κ3) is 4.48. The van der Waals surface area contributed by atoms with Crippen molar-refractivity contribution in [3.63, 3.8) is 0 Å². The lowest BCUT2D eigenvalue weighted by molar-refractivity contribution is 0.0747. The number of anilines is 2. The van der Waals surface area contributed by atoms with Gasteiger partial charge in [0.25, 0.3) is 15.9 Å². The fourth-order valence-corrected chi connectivity index (χ4v) is 5.01. The van der Waals surface area contributed by atoms with Gasteiger partial charge in [-0.1, -0.05) is 35.9 Å². The summed E-state index contributed by atoms with van der Waals surface area (Å²) in [6.45, 7) is 4.78. The molecule has 1 aliphatic rings. The lowest BCUT2D eigenvalue weighted by Gasteiger charge is -2.36. The van der Waals surface area contributed by atoms with Crippen molar-refractivity contribution >= 4 is 27.3 Å². The van der Waals surface area contributed by atoms with Crippen LogP contribution in [-0.2, 0) is 10.0 Å². The number of piperazine rings is 1. The van der Waals surface area contributed by atoms with Crippen LogP contribution in [0.4, 0.5) is 11.4 Å². The molecule has 0 N–H and O–H groups in total. The smallest absolute Gasteiger partial charge is 0.264 e. The van der Waals surface area contributed by atoms with E-state index in [1.54, 1.807) is 48.5 Å². The molecule has 1 amide bonds. The number of benzene rings is 3. The minimum Gasteiger partial charge on any atom is -0.368 e. The number of amides is 1. The monoisotopic (exact) mass is 449 g/mol. The third-order valence-corrected chi connectivity index (χ3v) is 7.65. The Bertz CT molecular complexity index is 1170. The number of carbonyl (C=O) groups is 1. The Hall–Kier alpha value is -3.32. The van der Waals surface area contributed by atoms with Crippen molar-refractivity contribution < 1.29 is 13.2 Å². The second kappa shape index (κ2) is 9.04. The molecular formula is C25H27N3O3S. The molecule has 32 heavy (non-hydrogen) atoms. The van der Waals surface area contributed by atoms with Crippen LogP contribution >= 0.6 is 0 Å². The van der Waals surface area contributed by atoms with Crippen molar-refractivity contribution in [3.8, 4) is 0 Å². The van der Waals surface area contributed by atoms with Crippen LogP contribution in [0.15, 0.2) is 83.8 Å². The average Bonchev–Trinajstić information content (AvgIpc) is 2.84. The number of nitrogens with zero attached hydrogens (tertiary/aromatic N) is 3. The van der Waals surface area contributed by atoms with Gasteiger partial charge >= 0.3 is 0 Å². The highest BCUT2D eigenvalue weighted by Gasteiger charge is 2.24. The summed E-state index contributed by atoms with van der Waals surface area (Å²) < 4.78 is 27.0. The first kappa shape index (κ1) is 21.9. The molecule has 0 radical (unpaired) electrons. The van der Waals surface area contributed by atoms with Gasteiger partial charge in [0, 0.05) is 44.5 Å². The van der Waals surface area contributed by atoms with Crippen molar-refractivity contribution in [1.29, 1.82) is 0 Å². The molecule has 0 aliphatic carbocycles. The van der Waals surface area contributed by atoms with Crippen LogP contribution in [0.25, 0.3) is 0 Å². The SMILES string of the molecule is Cc1ccc(S(=O)(=O)N(C)c2ccc(C(=O)N3CCN(c4ccccc4)CC3)cc2)cc1. The van der Waals surface area contributed by atoms with Crippen LogP contribution in [0.1, 0.15) is 15.9 Å². The first-order valence-corrected chi connectivity index (χ1v) is 12.1. The van der Waals surface area contributed by atoms with Gasteiger partial charge in [0.1, 0.15) is 0 Å².